The monoisotopic (exact) mass is 658 g/mol. The summed E-state index contributed by atoms with van der Waals surface area (Å²) in [4.78, 5) is 68.1. The van der Waals surface area contributed by atoms with Gasteiger partial charge in [0.2, 0.25) is 5.60 Å². The molecule has 4 fully saturated rings. The molecule has 2 bridgehead atoms. The van der Waals surface area contributed by atoms with Crippen LogP contribution in [-0.4, -0.2) is 104 Å². The molecule has 6 rings (SSSR count). The summed E-state index contributed by atoms with van der Waals surface area (Å²) in [6.45, 7) is 7.39. The Balaban J connectivity index is 1.72. The van der Waals surface area contributed by atoms with E-state index in [9.17, 15) is 24.3 Å². The molecular weight excluding hydrogens is 620 g/mol. The highest BCUT2D eigenvalue weighted by molar-refractivity contribution is 5.95. The molecular formula is C33H38O14. The van der Waals surface area contributed by atoms with Crippen molar-refractivity contribution in [1.82, 2.24) is 0 Å². The van der Waals surface area contributed by atoms with Crippen molar-refractivity contribution < 1.29 is 67.0 Å². The number of carbonyl (C=O) groups excluding carboxylic acids is 5. The lowest BCUT2D eigenvalue weighted by Crippen LogP contribution is -2.83. The Hall–Kier alpha value is -4.01. The lowest BCUT2D eigenvalue weighted by atomic mass is 9.44. The first kappa shape index (κ1) is 32.9. The molecule has 1 aromatic rings. The van der Waals surface area contributed by atoms with E-state index >= 15 is 4.79 Å². The number of rotatable bonds is 5. The van der Waals surface area contributed by atoms with Crippen molar-refractivity contribution in [3.63, 3.8) is 0 Å². The predicted molar refractivity (Wildman–Crippen MR) is 156 cm³/mol. The molecule has 0 unspecified atom stereocenters. The van der Waals surface area contributed by atoms with E-state index in [1.54, 1.807) is 39.0 Å². The molecule has 2 saturated carbocycles. The zero-order valence-electron chi connectivity index (χ0n) is 27.1. The number of esters is 2. The zero-order valence-corrected chi connectivity index (χ0v) is 27.1. The van der Waals surface area contributed by atoms with E-state index in [0.717, 1.165) is 7.11 Å². The van der Waals surface area contributed by atoms with E-state index in [1.807, 2.05) is 0 Å². The summed E-state index contributed by atoms with van der Waals surface area (Å²) in [5.41, 5.74) is -6.37. The van der Waals surface area contributed by atoms with Crippen LogP contribution in [0.4, 0.5) is 9.59 Å². The Bertz CT molecular complexity index is 1550. The summed E-state index contributed by atoms with van der Waals surface area (Å²) >= 11 is 0. The Morgan fingerprint density at radius 2 is 1.70 bits per heavy atom. The molecule has 3 aliphatic carbocycles. The molecule has 1 aromatic carbocycles. The van der Waals surface area contributed by atoms with Crippen LogP contribution in [0, 0.1) is 16.7 Å². The second-order valence-corrected chi connectivity index (χ2v) is 13.4. The molecule has 14 heteroatoms. The van der Waals surface area contributed by atoms with Crippen LogP contribution in [0.15, 0.2) is 41.5 Å². The van der Waals surface area contributed by atoms with Crippen molar-refractivity contribution in [2.75, 3.05) is 20.8 Å². The Morgan fingerprint density at radius 3 is 2.28 bits per heavy atom. The van der Waals surface area contributed by atoms with Gasteiger partial charge >= 0.3 is 24.2 Å². The van der Waals surface area contributed by atoms with Gasteiger partial charge in [-0.2, -0.15) is 0 Å². The second kappa shape index (κ2) is 11.0. The second-order valence-electron chi connectivity index (χ2n) is 13.4. The zero-order chi connectivity index (χ0) is 34.3. The first-order valence-corrected chi connectivity index (χ1v) is 15.3. The lowest BCUT2D eigenvalue weighted by molar-refractivity contribution is -0.345. The molecule has 2 heterocycles. The SMILES string of the molecule is COC(=O)O[C@H]1C[C@H]2OC[C@@]2(OC(C)=O)[C@H]2[C@H](OC(=O)c3ccccc3)[C@]34OC(=O)O[C@H]3[C@H](O)C(C)=C([C@@H](OC)C(=O)[C@]12C)C4(C)C. The number of hydrogen-bond donors (Lipinski definition) is 1. The molecule has 254 valence electrons. The molecule has 1 spiro atoms. The van der Waals surface area contributed by atoms with E-state index in [-0.39, 0.29) is 29.7 Å². The number of aliphatic hydroxyl groups excluding tert-OH is 1. The lowest BCUT2D eigenvalue weighted by Gasteiger charge is -2.67. The number of fused-ring (bicyclic) bond motifs is 4. The normalized spacial score (nSPS) is 39.7. The minimum Gasteiger partial charge on any atom is -0.454 e. The molecule has 0 aromatic heterocycles. The summed E-state index contributed by atoms with van der Waals surface area (Å²) < 4.78 is 46.7. The van der Waals surface area contributed by atoms with Gasteiger partial charge in [-0.25, -0.2) is 14.4 Å². The van der Waals surface area contributed by atoms with Gasteiger partial charge in [-0.15, -0.1) is 0 Å². The maximum atomic E-state index is 15.2. The third-order valence-electron chi connectivity index (χ3n) is 11.0. The number of aliphatic hydroxyl groups is 1. The van der Waals surface area contributed by atoms with Gasteiger partial charge < -0.3 is 43.0 Å². The van der Waals surface area contributed by atoms with E-state index in [4.69, 9.17) is 37.9 Å². The predicted octanol–water partition coefficient (Wildman–Crippen LogP) is 2.68. The van der Waals surface area contributed by atoms with E-state index in [1.165, 1.54) is 33.1 Å². The molecule has 1 N–H and O–H groups in total. The average Bonchev–Trinajstić information content (AvgIpc) is 3.40. The summed E-state index contributed by atoms with van der Waals surface area (Å²) in [6.07, 6.45) is -10.7. The molecule has 14 nitrogen and oxygen atoms in total. The highest BCUT2D eigenvalue weighted by atomic mass is 16.8. The van der Waals surface area contributed by atoms with Crippen LogP contribution in [0.5, 0.6) is 0 Å². The first-order valence-electron chi connectivity index (χ1n) is 15.3. The van der Waals surface area contributed by atoms with Crippen molar-refractivity contribution >= 4 is 30.0 Å². The van der Waals surface area contributed by atoms with Gasteiger partial charge in [0.1, 0.15) is 24.4 Å². The van der Waals surface area contributed by atoms with Crippen LogP contribution >= 0.6 is 0 Å². The minimum atomic E-state index is -2.05. The first-order chi connectivity index (χ1) is 22.1. The Labute approximate surface area is 270 Å². The molecule has 2 saturated heterocycles. The van der Waals surface area contributed by atoms with Crippen molar-refractivity contribution in [3.05, 3.63) is 47.0 Å². The minimum absolute atomic E-state index is 0.117. The summed E-state index contributed by atoms with van der Waals surface area (Å²) in [6, 6.07) is 7.99. The van der Waals surface area contributed by atoms with Crippen LogP contribution < -0.4 is 0 Å². The number of ether oxygens (including phenoxy) is 8. The number of hydrogen-bond acceptors (Lipinski definition) is 14. The number of carbonyl (C=O) groups is 5. The van der Waals surface area contributed by atoms with Crippen molar-refractivity contribution in [3.8, 4) is 0 Å². The highest BCUT2D eigenvalue weighted by Gasteiger charge is 2.83. The van der Waals surface area contributed by atoms with Gasteiger partial charge in [0.25, 0.3) is 0 Å². The Morgan fingerprint density at radius 1 is 1.02 bits per heavy atom. The fourth-order valence-electron chi connectivity index (χ4n) is 8.91. The van der Waals surface area contributed by atoms with Gasteiger partial charge in [-0.3, -0.25) is 9.59 Å². The van der Waals surface area contributed by atoms with Gasteiger partial charge in [0.15, 0.2) is 23.6 Å². The van der Waals surface area contributed by atoms with Gasteiger partial charge in [0, 0.05) is 25.9 Å². The molecule has 10 atom stereocenters. The fourth-order valence-corrected chi connectivity index (χ4v) is 8.91. The molecule has 0 amide bonds. The van der Waals surface area contributed by atoms with Crippen LogP contribution in [-0.2, 0) is 47.5 Å². The topological polar surface area (TPSA) is 179 Å². The van der Waals surface area contributed by atoms with Crippen molar-refractivity contribution in [2.24, 2.45) is 16.7 Å². The summed E-state index contributed by atoms with van der Waals surface area (Å²) in [7, 11) is 2.42. The quantitative estimate of drug-likeness (QED) is 0.277. The summed E-state index contributed by atoms with van der Waals surface area (Å²) in [5, 5.41) is 11.8. The maximum Gasteiger partial charge on any atom is 0.509 e. The van der Waals surface area contributed by atoms with Crippen LogP contribution in [0.25, 0.3) is 0 Å². The third-order valence-corrected chi connectivity index (χ3v) is 11.0. The highest BCUT2D eigenvalue weighted by Crippen LogP contribution is 2.66. The molecule has 5 aliphatic rings. The van der Waals surface area contributed by atoms with Crippen LogP contribution in [0.1, 0.15) is 51.4 Å². The fraction of sp³-hybridized carbons (Fsp3) is 0.606. The average molecular weight is 659 g/mol. The number of ketones is 1. The number of methoxy groups -OCH3 is 2. The molecule has 2 aliphatic heterocycles. The van der Waals surface area contributed by atoms with Crippen LogP contribution in [0.3, 0.4) is 0 Å². The maximum absolute atomic E-state index is 15.2. The Kier molecular flexibility index (Phi) is 7.72. The summed E-state index contributed by atoms with van der Waals surface area (Å²) in [5.74, 6) is -3.65. The smallest absolute Gasteiger partial charge is 0.454 e. The largest absolute Gasteiger partial charge is 0.509 e. The van der Waals surface area contributed by atoms with Gasteiger partial charge in [0.05, 0.1) is 30.6 Å². The van der Waals surface area contributed by atoms with Gasteiger partial charge in [-0.1, -0.05) is 32.0 Å². The van der Waals surface area contributed by atoms with E-state index < -0.39 is 94.6 Å². The number of Topliss-reactive ketones (excluding diaryl/α,β-unsaturated/α-hetero) is 1. The third kappa shape index (κ3) is 4.30. The van der Waals surface area contributed by atoms with Crippen molar-refractivity contribution in [2.45, 2.75) is 88.9 Å². The van der Waals surface area contributed by atoms with Crippen LogP contribution in [0.2, 0.25) is 0 Å². The molecule has 47 heavy (non-hydrogen) atoms. The number of benzene rings is 1. The van der Waals surface area contributed by atoms with E-state index in [2.05, 4.69) is 0 Å². The van der Waals surface area contributed by atoms with E-state index in [0.29, 0.717) is 0 Å². The van der Waals surface area contributed by atoms with Gasteiger partial charge in [-0.05, 0) is 37.1 Å². The van der Waals surface area contributed by atoms with Crippen molar-refractivity contribution in [1.29, 1.82) is 0 Å². The standard InChI is InChI=1S/C33H38O14/c1-15-20-22(40-6)24(36)31(5)18(43-28(38)41-7)13-19-32(14-42-19,46-16(2)34)23(31)26(44-27(37)17-11-9-8-10-12-17)33(30(20,3)4)25(21(15)35)45-29(39)47-33/h8-12,18-19,21-23,25-26,35H,13-14H2,1-7H3/t18-,19+,21+,22+,23-,25-,26-,31+,32-,33+/m0/s1. The molecule has 0 radical (unpaired) electrons.